The lowest BCUT2D eigenvalue weighted by Gasteiger charge is -2.14. The summed E-state index contributed by atoms with van der Waals surface area (Å²) in [5.41, 5.74) is 3.31. The first kappa shape index (κ1) is 18.7. The van der Waals surface area contributed by atoms with Gasteiger partial charge in [-0.3, -0.25) is 14.5 Å². The maximum absolute atomic E-state index is 12.9. The average Bonchev–Trinajstić information content (AvgIpc) is 2.89. The summed E-state index contributed by atoms with van der Waals surface area (Å²) in [6.45, 7) is 6.86. The van der Waals surface area contributed by atoms with Crippen LogP contribution in [0.2, 0.25) is 0 Å². The number of hydrogen-bond donors (Lipinski definition) is 1. The molecule has 5 nitrogen and oxygen atoms in total. The number of carbonyl (C=O) groups excluding carboxylic acids is 2. The van der Waals surface area contributed by atoms with Crippen molar-refractivity contribution in [1.29, 1.82) is 0 Å². The molecule has 0 radical (unpaired) electrons. The first-order valence-corrected chi connectivity index (χ1v) is 9.22. The van der Waals surface area contributed by atoms with Crippen molar-refractivity contribution in [1.82, 2.24) is 4.90 Å². The highest BCUT2D eigenvalue weighted by Gasteiger charge is 2.38. The summed E-state index contributed by atoms with van der Waals surface area (Å²) >= 11 is 0. The lowest BCUT2D eigenvalue weighted by molar-refractivity contribution is -0.136. The number of aryl methyl sites for hydroxylation is 1. The van der Waals surface area contributed by atoms with E-state index in [-0.39, 0.29) is 11.8 Å². The molecule has 0 saturated carbocycles. The van der Waals surface area contributed by atoms with Gasteiger partial charge in [-0.2, -0.15) is 0 Å². The van der Waals surface area contributed by atoms with E-state index in [4.69, 9.17) is 4.74 Å². The number of ether oxygens (including phenoxy) is 1. The van der Waals surface area contributed by atoms with E-state index in [9.17, 15) is 9.59 Å². The monoisotopic (exact) mass is 364 g/mol. The van der Waals surface area contributed by atoms with Gasteiger partial charge in [0.25, 0.3) is 11.8 Å². The third-order valence-electron chi connectivity index (χ3n) is 4.39. The summed E-state index contributed by atoms with van der Waals surface area (Å²) in [5.74, 6) is 0.225. The Labute approximate surface area is 159 Å². The molecule has 3 rings (SSSR count). The van der Waals surface area contributed by atoms with E-state index in [0.717, 1.165) is 29.0 Å². The zero-order chi connectivity index (χ0) is 19.4. The molecule has 0 spiro atoms. The van der Waals surface area contributed by atoms with Gasteiger partial charge in [0.05, 0.1) is 12.2 Å². The van der Waals surface area contributed by atoms with Crippen molar-refractivity contribution in [2.45, 2.75) is 27.2 Å². The smallest absolute Gasteiger partial charge is 0.278 e. The molecule has 140 valence electrons. The number of imide groups is 1. The summed E-state index contributed by atoms with van der Waals surface area (Å²) in [7, 11) is 0. The SMILES string of the molecule is CCCN1C(=O)C(Nc2ccc(OCC)cc2)=C(c2ccc(C)cc2)C1=O. The molecule has 2 aromatic rings. The Morgan fingerprint density at radius 3 is 2.19 bits per heavy atom. The zero-order valence-electron chi connectivity index (χ0n) is 15.9. The number of hydrogen-bond acceptors (Lipinski definition) is 4. The second-order valence-electron chi connectivity index (χ2n) is 6.46. The van der Waals surface area contributed by atoms with Crippen LogP contribution in [0, 0.1) is 6.92 Å². The molecule has 0 aromatic heterocycles. The predicted octanol–water partition coefficient (Wildman–Crippen LogP) is 4.00. The molecule has 0 saturated heterocycles. The van der Waals surface area contributed by atoms with Gasteiger partial charge in [-0.05, 0) is 50.1 Å². The number of amides is 2. The van der Waals surface area contributed by atoms with E-state index >= 15 is 0 Å². The number of rotatable bonds is 7. The summed E-state index contributed by atoms with van der Waals surface area (Å²) < 4.78 is 5.45. The summed E-state index contributed by atoms with van der Waals surface area (Å²) in [5, 5.41) is 3.15. The topological polar surface area (TPSA) is 58.6 Å². The molecule has 1 aliphatic rings. The quantitative estimate of drug-likeness (QED) is 0.755. The number of nitrogens with zero attached hydrogens (tertiary/aromatic N) is 1. The van der Waals surface area contributed by atoms with Crippen molar-refractivity contribution in [3.8, 4) is 5.75 Å². The van der Waals surface area contributed by atoms with Gasteiger partial charge in [-0.25, -0.2) is 0 Å². The maximum Gasteiger partial charge on any atom is 0.278 e. The third kappa shape index (κ3) is 3.87. The van der Waals surface area contributed by atoms with Crippen LogP contribution in [0.15, 0.2) is 54.2 Å². The fourth-order valence-corrected chi connectivity index (χ4v) is 3.05. The average molecular weight is 364 g/mol. The van der Waals surface area contributed by atoms with Gasteiger partial charge in [-0.15, -0.1) is 0 Å². The molecule has 1 aliphatic heterocycles. The highest BCUT2D eigenvalue weighted by Crippen LogP contribution is 2.31. The molecule has 0 bridgehead atoms. The second-order valence-corrected chi connectivity index (χ2v) is 6.46. The minimum absolute atomic E-state index is 0.251. The Morgan fingerprint density at radius 2 is 1.59 bits per heavy atom. The van der Waals surface area contributed by atoms with Gasteiger partial charge in [0, 0.05) is 12.2 Å². The number of anilines is 1. The molecular formula is C22H24N2O3. The van der Waals surface area contributed by atoms with Crippen LogP contribution >= 0.6 is 0 Å². The molecule has 27 heavy (non-hydrogen) atoms. The molecule has 1 heterocycles. The van der Waals surface area contributed by atoms with Crippen LogP contribution in [-0.2, 0) is 9.59 Å². The first-order valence-electron chi connectivity index (χ1n) is 9.22. The largest absolute Gasteiger partial charge is 0.494 e. The van der Waals surface area contributed by atoms with Gasteiger partial charge in [0.2, 0.25) is 0 Å². The molecule has 5 heteroatoms. The molecule has 0 atom stereocenters. The minimum atomic E-state index is -0.286. The van der Waals surface area contributed by atoms with E-state index in [0.29, 0.717) is 24.4 Å². The summed E-state index contributed by atoms with van der Waals surface area (Å²) in [4.78, 5) is 27.1. The van der Waals surface area contributed by atoms with Crippen LogP contribution in [0.25, 0.3) is 5.57 Å². The number of nitrogens with one attached hydrogen (secondary N) is 1. The highest BCUT2D eigenvalue weighted by atomic mass is 16.5. The summed E-state index contributed by atoms with van der Waals surface area (Å²) in [6, 6.07) is 15.0. The van der Waals surface area contributed by atoms with Crippen LogP contribution < -0.4 is 10.1 Å². The van der Waals surface area contributed by atoms with Crippen LogP contribution in [0.4, 0.5) is 5.69 Å². The Kier molecular flexibility index (Phi) is 5.60. The molecule has 0 aliphatic carbocycles. The van der Waals surface area contributed by atoms with Crippen molar-refractivity contribution in [3.05, 3.63) is 65.4 Å². The molecule has 2 aromatic carbocycles. The van der Waals surface area contributed by atoms with Crippen molar-refractivity contribution in [3.63, 3.8) is 0 Å². The molecule has 1 N–H and O–H groups in total. The summed E-state index contributed by atoms with van der Waals surface area (Å²) in [6.07, 6.45) is 0.717. The van der Waals surface area contributed by atoms with Crippen molar-refractivity contribution in [2.24, 2.45) is 0 Å². The van der Waals surface area contributed by atoms with Crippen LogP contribution in [0.5, 0.6) is 5.75 Å². The lowest BCUT2D eigenvalue weighted by Crippen LogP contribution is -2.33. The van der Waals surface area contributed by atoms with Crippen LogP contribution in [0.3, 0.4) is 0 Å². The van der Waals surface area contributed by atoms with Crippen molar-refractivity contribution in [2.75, 3.05) is 18.5 Å². The van der Waals surface area contributed by atoms with Gasteiger partial charge in [-0.1, -0.05) is 36.8 Å². The van der Waals surface area contributed by atoms with E-state index in [1.54, 1.807) is 0 Å². The van der Waals surface area contributed by atoms with Gasteiger partial charge < -0.3 is 10.1 Å². The minimum Gasteiger partial charge on any atom is -0.494 e. The standard InChI is InChI=1S/C22H24N2O3/c1-4-14-24-21(25)19(16-8-6-15(3)7-9-16)20(22(24)26)23-17-10-12-18(13-11-17)27-5-2/h6-13,23H,4-5,14H2,1-3H3. The lowest BCUT2D eigenvalue weighted by atomic mass is 10.0. The zero-order valence-corrected chi connectivity index (χ0v) is 15.9. The fraction of sp³-hybridized carbons (Fsp3) is 0.273. The van der Waals surface area contributed by atoms with Crippen molar-refractivity contribution < 1.29 is 14.3 Å². The normalized spacial score (nSPS) is 14.1. The van der Waals surface area contributed by atoms with E-state index in [2.05, 4.69) is 5.32 Å². The highest BCUT2D eigenvalue weighted by molar-refractivity contribution is 6.36. The van der Waals surface area contributed by atoms with Crippen molar-refractivity contribution >= 4 is 23.1 Å². The molecule has 0 unspecified atom stereocenters. The number of benzene rings is 2. The molecule has 0 fully saturated rings. The number of carbonyl (C=O) groups is 2. The fourth-order valence-electron chi connectivity index (χ4n) is 3.05. The van der Waals surface area contributed by atoms with Crippen LogP contribution in [0.1, 0.15) is 31.4 Å². The van der Waals surface area contributed by atoms with Gasteiger partial charge in [0.15, 0.2) is 0 Å². The Balaban J connectivity index is 1.98. The molecule has 2 amide bonds. The van der Waals surface area contributed by atoms with E-state index in [1.807, 2.05) is 69.3 Å². The van der Waals surface area contributed by atoms with Crippen LogP contribution in [-0.4, -0.2) is 29.9 Å². The third-order valence-corrected chi connectivity index (χ3v) is 4.39. The predicted molar refractivity (Wildman–Crippen MR) is 106 cm³/mol. The van der Waals surface area contributed by atoms with Gasteiger partial charge in [0.1, 0.15) is 11.4 Å². The Bertz CT molecular complexity index is 867. The Morgan fingerprint density at radius 1 is 0.926 bits per heavy atom. The second kappa shape index (κ2) is 8.08. The maximum atomic E-state index is 12.9. The van der Waals surface area contributed by atoms with Gasteiger partial charge >= 0.3 is 0 Å². The molecular weight excluding hydrogens is 340 g/mol. The van der Waals surface area contributed by atoms with E-state index < -0.39 is 0 Å². The van der Waals surface area contributed by atoms with E-state index in [1.165, 1.54) is 4.90 Å². The Hall–Kier alpha value is -3.08. The first-order chi connectivity index (χ1) is 13.0.